The molecule has 0 radical (unpaired) electrons. The Kier molecular flexibility index (Phi) is 4.66. The fourth-order valence-corrected chi connectivity index (χ4v) is 1.92. The largest absolute Gasteiger partial charge is 0.493 e. The zero-order chi connectivity index (χ0) is 13.7. The van der Waals surface area contributed by atoms with E-state index in [4.69, 9.17) is 14.6 Å². The minimum atomic E-state index is -0.753. The predicted octanol–water partition coefficient (Wildman–Crippen LogP) is 2.89. The number of ether oxygens (including phenoxy) is 2. The number of benzene rings is 1. The molecule has 2 rings (SSSR count). The van der Waals surface area contributed by atoms with Gasteiger partial charge in [0.1, 0.15) is 0 Å². The zero-order valence-corrected chi connectivity index (χ0v) is 11.2. The quantitative estimate of drug-likeness (QED) is 0.784. The van der Waals surface area contributed by atoms with Crippen LogP contribution >= 0.6 is 0 Å². The zero-order valence-electron chi connectivity index (χ0n) is 11.2. The van der Waals surface area contributed by atoms with Crippen molar-refractivity contribution in [1.82, 2.24) is 0 Å². The van der Waals surface area contributed by atoms with Crippen molar-refractivity contribution < 1.29 is 19.4 Å². The molecule has 0 heterocycles. The van der Waals surface area contributed by atoms with Crippen molar-refractivity contribution >= 4 is 5.97 Å². The first-order valence-corrected chi connectivity index (χ1v) is 6.70. The number of rotatable bonds is 8. The molecule has 0 spiro atoms. The third kappa shape index (κ3) is 4.47. The Hall–Kier alpha value is -1.71. The van der Waals surface area contributed by atoms with Crippen LogP contribution in [-0.2, 0) is 11.2 Å². The predicted molar refractivity (Wildman–Crippen MR) is 71.8 cm³/mol. The van der Waals surface area contributed by atoms with Gasteiger partial charge in [0, 0.05) is 6.42 Å². The number of aliphatic carboxylic acids is 1. The van der Waals surface area contributed by atoms with Gasteiger partial charge in [-0.25, -0.2) is 0 Å². The van der Waals surface area contributed by atoms with Gasteiger partial charge in [0.05, 0.1) is 13.7 Å². The van der Waals surface area contributed by atoms with Gasteiger partial charge in [-0.3, -0.25) is 4.79 Å². The number of carbonyl (C=O) groups is 1. The number of carboxylic acid groups (broad SMARTS) is 1. The maximum Gasteiger partial charge on any atom is 0.303 e. The fraction of sp³-hybridized carbons (Fsp3) is 0.533. The summed E-state index contributed by atoms with van der Waals surface area (Å²) in [6.07, 6.45) is 4.10. The Labute approximate surface area is 113 Å². The molecule has 0 atom stereocenters. The average Bonchev–Trinajstić information content (AvgIpc) is 3.20. The second-order valence-electron chi connectivity index (χ2n) is 4.99. The van der Waals surface area contributed by atoms with E-state index in [2.05, 4.69) is 0 Å². The molecule has 1 saturated carbocycles. The maximum absolute atomic E-state index is 10.5. The summed E-state index contributed by atoms with van der Waals surface area (Å²) < 4.78 is 11.1. The highest BCUT2D eigenvalue weighted by atomic mass is 16.5. The molecule has 4 heteroatoms. The minimum absolute atomic E-state index is 0.197. The molecule has 0 amide bonds. The van der Waals surface area contributed by atoms with Crippen LogP contribution in [0.4, 0.5) is 0 Å². The van der Waals surface area contributed by atoms with E-state index in [0.29, 0.717) is 12.3 Å². The lowest BCUT2D eigenvalue weighted by molar-refractivity contribution is -0.137. The van der Waals surface area contributed by atoms with E-state index in [1.165, 1.54) is 12.8 Å². The monoisotopic (exact) mass is 264 g/mol. The van der Waals surface area contributed by atoms with Gasteiger partial charge in [-0.15, -0.1) is 0 Å². The number of hydrogen-bond acceptors (Lipinski definition) is 3. The van der Waals surface area contributed by atoms with E-state index in [9.17, 15) is 4.79 Å². The summed E-state index contributed by atoms with van der Waals surface area (Å²) in [6.45, 7) is 0.759. The fourth-order valence-electron chi connectivity index (χ4n) is 1.92. The molecule has 1 aliphatic rings. The molecule has 1 aliphatic carbocycles. The lowest BCUT2D eigenvalue weighted by atomic mass is 10.1. The van der Waals surface area contributed by atoms with Crippen LogP contribution in [0.3, 0.4) is 0 Å². The highest BCUT2D eigenvalue weighted by molar-refractivity contribution is 5.66. The van der Waals surface area contributed by atoms with Gasteiger partial charge in [0.25, 0.3) is 0 Å². The SMILES string of the molecule is COc1cc(CCCC(=O)O)ccc1OCC1CC1. The topological polar surface area (TPSA) is 55.8 Å². The minimum Gasteiger partial charge on any atom is -0.493 e. The van der Waals surface area contributed by atoms with Crippen LogP contribution < -0.4 is 9.47 Å². The van der Waals surface area contributed by atoms with Crippen LogP contribution in [0.1, 0.15) is 31.2 Å². The molecule has 0 saturated heterocycles. The summed E-state index contributed by atoms with van der Waals surface area (Å²) in [5.41, 5.74) is 1.08. The van der Waals surface area contributed by atoms with Gasteiger partial charge in [0.2, 0.25) is 0 Å². The molecule has 0 unspecified atom stereocenters. The first-order valence-electron chi connectivity index (χ1n) is 6.70. The molecule has 0 bridgehead atoms. The van der Waals surface area contributed by atoms with Crippen LogP contribution in [-0.4, -0.2) is 24.8 Å². The molecule has 0 aromatic heterocycles. The Bertz CT molecular complexity index is 438. The Balaban J connectivity index is 1.91. The van der Waals surface area contributed by atoms with Crippen LogP contribution in [0, 0.1) is 5.92 Å². The number of hydrogen-bond donors (Lipinski definition) is 1. The number of aryl methyl sites for hydroxylation is 1. The third-order valence-corrected chi connectivity index (χ3v) is 3.26. The Morgan fingerprint density at radius 1 is 1.37 bits per heavy atom. The lowest BCUT2D eigenvalue weighted by Gasteiger charge is -2.11. The highest BCUT2D eigenvalue weighted by Gasteiger charge is 2.22. The van der Waals surface area contributed by atoms with Gasteiger partial charge in [-0.1, -0.05) is 6.07 Å². The molecular weight excluding hydrogens is 244 g/mol. The van der Waals surface area contributed by atoms with Crippen molar-refractivity contribution in [1.29, 1.82) is 0 Å². The molecule has 4 nitrogen and oxygen atoms in total. The Morgan fingerprint density at radius 2 is 2.16 bits per heavy atom. The van der Waals surface area contributed by atoms with Crippen LogP contribution in [0.15, 0.2) is 18.2 Å². The molecule has 1 N–H and O–H groups in total. The molecule has 0 aliphatic heterocycles. The number of carboxylic acids is 1. The van der Waals surface area contributed by atoms with Gasteiger partial charge < -0.3 is 14.6 Å². The summed E-state index contributed by atoms with van der Waals surface area (Å²) >= 11 is 0. The summed E-state index contributed by atoms with van der Waals surface area (Å²) in [5, 5.41) is 8.62. The van der Waals surface area contributed by atoms with Gasteiger partial charge >= 0.3 is 5.97 Å². The average molecular weight is 264 g/mol. The maximum atomic E-state index is 10.5. The normalized spacial score (nSPS) is 14.2. The number of methoxy groups -OCH3 is 1. The van der Waals surface area contributed by atoms with E-state index in [-0.39, 0.29) is 6.42 Å². The van der Waals surface area contributed by atoms with Crippen molar-refractivity contribution in [3.05, 3.63) is 23.8 Å². The molecule has 1 fully saturated rings. The van der Waals surface area contributed by atoms with Crippen molar-refractivity contribution in [3.8, 4) is 11.5 Å². The van der Waals surface area contributed by atoms with E-state index in [0.717, 1.165) is 30.1 Å². The van der Waals surface area contributed by atoms with Gasteiger partial charge in [0.15, 0.2) is 11.5 Å². The lowest BCUT2D eigenvalue weighted by Crippen LogP contribution is -2.01. The standard InChI is InChI=1S/C15H20O4/c1-18-14-9-11(3-2-4-15(16)17)7-8-13(14)19-10-12-5-6-12/h7-9,12H,2-6,10H2,1H3,(H,16,17). The second-order valence-corrected chi connectivity index (χ2v) is 4.99. The Morgan fingerprint density at radius 3 is 2.79 bits per heavy atom. The van der Waals surface area contributed by atoms with Gasteiger partial charge in [-0.2, -0.15) is 0 Å². The summed E-state index contributed by atoms with van der Waals surface area (Å²) in [6, 6.07) is 5.83. The highest BCUT2D eigenvalue weighted by Crippen LogP contribution is 2.33. The van der Waals surface area contributed by atoms with Crippen molar-refractivity contribution in [2.75, 3.05) is 13.7 Å². The first-order chi connectivity index (χ1) is 9.19. The molecule has 104 valence electrons. The van der Waals surface area contributed by atoms with E-state index in [1.54, 1.807) is 7.11 Å². The third-order valence-electron chi connectivity index (χ3n) is 3.26. The first kappa shape index (κ1) is 13.7. The van der Waals surface area contributed by atoms with Crippen molar-refractivity contribution in [2.45, 2.75) is 32.1 Å². The summed E-state index contributed by atoms with van der Waals surface area (Å²) in [4.78, 5) is 10.5. The smallest absolute Gasteiger partial charge is 0.303 e. The van der Waals surface area contributed by atoms with E-state index in [1.807, 2.05) is 18.2 Å². The van der Waals surface area contributed by atoms with Crippen molar-refractivity contribution in [3.63, 3.8) is 0 Å². The van der Waals surface area contributed by atoms with E-state index < -0.39 is 5.97 Å². The molecular formula is C15H20O4. The van der Waals surface area contributed by atoms with Crippen LogP contribution in [0.5, 0.6) is 11.5 Å². The van der Waals surface area contributed by atoms with E-state index >= 15 is 0 Å². The van der Waals surface area contributed by atoms with Crippen molar-refractivity contribution in [2.24, 2.45) is 5.92 Å². The molecule has 1 aromatic carbocycles. The second kappa shape index (κ2) is 6.45. The summed E-state index contributed by atoms with van der Waals surface area (Å²) in [7, 11) is 1.63. The van der Waals surface area contributed by atoms with Crippen LogP contribution in [0.2, 0.25) is 0 Å². The summed E-state index contributed by atoms with van der Waals surface area (Å²) in [5.74, 6) is 1.46. The molecule has 1 aromatic rings. The molecule has 19 heavy (non-hydrogen) atoms. The van der Waals surface area contributed by atoms with Gasteiger partial charge in [-0.05, 0) is 49.3 Å². The van der Waals surface area contributed by atoms with Crippen LogP contribution in [0.25, 0.3) is 0 Å².